The molecular formula is C20H19F3N2O2. The summed E-state index contributed by atoms with van der Waals surface area (Å²) in [5.41, 5.74) is 1.09. The van der Waals surface area contributed by atoms with Gasteiger partial charge in [-0.1, -0.05) is 17.7 Å². The number of rotatable bonds is 2. The van der Waals surface area contributed by atoms with Crippen molar-refractivity contribution in [3.8, 4) is 0 Å². The molecule has 142 valence electrons. The van der Waals surface area contributed by atoms with Crippen LogP contribution >= 0.6 is 0 Å². The van der Waals surface area contributed by atoms with E-state index in [1.165, 1.54) is 12.1 Å². The molecule has 0 atom stereocenters. The third-order valence-corrected chi connectivity index (χ3v) is 4.61. The molecular weight excluding hydrogens is 357 g/mol. The van der Waals surface area contributed by atoms with Gasteiger partial charge in [0.05, 0.1) is 5.56 Å². The van der Waals surface area contributed by atoms with Gasteiger partial charge in [0.25, 0.3) is 11.8 Å². The van der Waals surface area contributed by atoms with Crippen molar-refractivity contribution in [2.24, 2.45) is 0 Å². The largest absolute Gasteiger partial charge is 0.416 e. The van der Waals surface area contributed by atoms with Gasteiger partial charge in [0, 0.05) is 37.3 Å². The summed E-state index contributed by atoms with van der Waals surface area (Å²) in [5.74, 6) is -0.414. The highest BCUT2D eigenvalue weighted by Crippen LogP contribution is 2.29. The predicted molar refractivity (Wildman–Crippen MR) is 94.4 cm³/mol. The Hall–Kier alpha value is -2.83. The molecule has 1 aliphatic heterocycles. The Bertz CT molecular complexity index is 822. The smallest absolute Gasteiger partial charge is 0.335 e. The second-order valence-corrected chi connectivity index (χ2v) is 6.53. The first-order valence-corrected chi connectivity index (χ1v) is 8.58. The highest BCUT2D eigenvalue weighted by atomic mass is 19.4. The maximum absolute atomic E-state index is 12.6. The molecule has 1 saturated heterocycles. The van der Waals surface area contributed by atoms with E-state index in [0.29, 0.717) is 31.7 Å². The van der Waals surface area contributed by atoms with Gasteiger partial charge in [-0.2, -0.15) is 13.2 Å². The molecule has 4 nitrogen and oxygen atoms in total. The number of halogens is 3. The zero-order valence-corrected chi connectivity index (χ0v) is 14.8. The van der Waals surface area contributed by atoms with Crippen molar-refractivity contribution < 1.29 is 22.8 Å². The molecule has 7 heteroatoms. The van der Waals surface area contributed by atoms with Gasteiger partial charge in [-0.15, -0.1) is 0 Å². The number of piperazine rings is 1. The molecule has 1 aliphatic rings. The summed E-state index contributed by atoms with van der Waals surface area (Å²) in [7, 11) is 0. The number of benzene rings is 2. The third-order valence-electron chi connectivity index (χ3n) is 4.61. The summed E-state index contributed by atoms with van der Waals surface area (Å²) in [5, 5.41) is 0. The van der Waals surface area contributed by atoms with Crippen molar-refractivity contribution in [3.63, 3.8) is 0 Å². The van der Waals surface area contributed by atoms with Crippen LogP contribution in [0.2, 0.25) is 0 Å². The van der Waals surface area contributed by atoms with Crippen LogP contribution in [0.4, 0.5) is 13.2 Å². The topological polar surface area (TPSA) is 40.6 Å². The highest BCUT2D eigenvalue weighted by molar-refractivity contribution is 5.96. The van der Waals surface area contributed by atoms with Crippen molar-refractivity contribution >= 4 is 11.8 Å². The van der Waals surface area contributed by atoms with Crippen molar-refractivity contribution in [2.75, 3.05) is 26.2 Å². The molecule has 1 fully saturated rings. The quantitative estimate of drug-likeness (QED) is 0.803. The van der Waals surface area contributed by atoms with Gasteiger partial charge in [0.2, 0.25) is 0 Å². The summed E-state index contributed by atoms with van der Waals surface area (Å²) in [4.78, 5) is 28.2. The van der Waals surface area contributed by atoms with Gasteiger partial charge in [0.15, 0.2) is 0 Å². The number of amides is 2. The number of hydrogen-bond acceptors (Lipinski definition) is 2. The molecule has 0 unspecified atom stereocenters. The van der Waals surface area contributed by atoms with Gasteiger partial charge in [0.1, 0.15) is 0 Å². The first-order valence-electron chi connectivity index (χ1n) is 8.58. The lowest BCUT2D eigenvalue weighted by Gasteiger charge is -2.35. The van der Waals surface area contributed by atoms with Crippen LogP contribution < -0.4 is 0 Å². The van der Waals surface area contributed by atoms with Crippen LogP contribution in [0.25, 0.3) is 0 Å². The molecule has 0 saturated carbocycles. The Labute approximate surface area is 155 Å². The van der Waals surface area contributed by atoms with E-state index < -0.39 is 11.7 Å². The molecule has 2 aromatic carbocycles. The standard InChI is InChI=1S/C20H19F3N2O2/c1-14-2-4-15(5-3-14)18(26)24-10-12-25(13-11-24)19(27)16-6-8-17(9-7-16)20(21,22)23/h2-9H,10-13H2,1H3. The molecule has 0 aliphatic carbocycles. The molecule has 3 rings (SSSR count). The number of carbonyl (C=O) groups excluding carboxylic acids is 2. The Kier molecular flexibility index (Phi) is 5.21. The van der Waals surface area contributed by atoms with E-state index in [2.05, 4.69) is 0 Å². The number of nitrogens with zero attached hydrogens (tertiary/aromatic N) is 2. The predicted octanol–water partition coefficient (Wildman–Crippen LogP) is 3.61. The minimum atomic E-state index is -4.43. The van der Waals surface area contributed by atoms with Crippen LogP contribution in [-0.2, 0) is 6.18 Å². The molecule has 0 aromatic heterocycles. The normalized spacial score (nSPS) is 15.0. The summed E-state index contributed by atoms with van der Waals surface area (Å²) in [6.07, 6.45) is -4.43. The Morgan fingerprint density at radius 2 is 1.11 bits per heavy atom. The van der Waals surface area contributed by atoms with Crippen molar-refractivity contribution in [3.05, 3.63) is 70.8 Å². The summed E-state index contributed by atoms with van der Waals surface area (Å²) in [6, 6.07) is 11.5. The lowest BCUT2D eigenvalue weighted by Crippen LogP contribution is -2.50. The first-order chi connectivity index (χ1) is 12.8. The highest BCUT2D eigenvalue weighted by Gasteiger charge is 2.31. The van der Waals surface area contributed by atoms with Crippen molar-refractivity contribution in [1.29, 1.82) is 0 Å². The minimum Gasteiger partial charge on any atom is -0.335 e. The second kappa shape index (κ2) is 7.42. The summed E-state index contributed by atoms with van der Waals surface area (Å²) >= 11 is 0. The second-order valence-electron chi connectivity index (χ2n) is 6.53. The maximum atomic E-state index is 12.6. The molecule has 2 amide bonds. The lowest BCUT2D eigenvalue weighted by atomic mass is 10.1. The fraction of sp³-hybridized carbons (Fsp3) is 0.300. The van der Waals surface area contributed by atoms with Gasteiger partial charge < -0.3 is 9.80 Å². The van der Waals surface area contributed by atoms with E-state index in [0.717, 1.165) is 17.7 Å². The van der Waals surface area contributed by atoms with Gasteiger partial charge in [-0.25, -0.2) is 0 Å². The van der Waals surface area contributed by atoms with E-state index in [1.54, 1.807) is 21.9 Å². The van der Waals surface area contributed by atoms with E-state index in [-0.39, 0.29) is 17.4 Å². The fourth-order valence-electron chi connectivity index (χ4n) is 2.98. The van der Waals surface area contributed by atoms with Crippen molar-refractivity contribution in [1.82, 2.24) is 9.80 Å². The van der Waals surface area contributed by atoms with E-state index in [4.69, 9.17) is 0 Å². The van der Waals surface area contributed by atoms with Crippen LogP contribution in [-0.4, -0.2) is 47.8 Å². The minimum absolute atomic E-state index is 0.0865. The number of alkyl halides is 3. The number of carbonyl (C=O) groups is 2. The number of hydrogen-bond donors (Lipinski definition) is 0. The van der Waals surface area contributed by atoms with Crippen molar-refractivity contribution in [2.45, 2.75) is 13.1 Å². The third kappa shape index (κ3) is 4.30. The summed E-state index contributed by atoms with van der Waals surface area (Å²) < 4.78 is 37.9. The molecule has 0 spiro atoms. The molecule has 1 heterocycles. The lowest BCUT2D eigenvalue weighted by molar-refractivity contribution is -0.137. The zero-order valence-electron chi connectivity index (χ0n) is 14.8. The fourth-order valence-corrected chi connectivity index (χ4v) is 2.98. The van der Waals surface area contributed by atoms with Crippen LogP contribution in [0.5, 0.6) is 0 Å². The first kappa shape index (κ1) is 18.9. The molecule has 0 N–H and O–H groups in total. The Morgan fingerprint density at radius 3 is 1.48 bits per heavy atom. The van der Waals surface area contributed by atoms with Crippen LogP contribution in [0.15, 0.2) is 48.5 Å². The maximum Gasteiger partial charge on any atom is 0.416 e. The van der Waals surface area contributed by atoms with Crippen LogP contribution in [0, 0.1) is 6.92 Å². The monoisotopic (exact) mass is 376 g/mol. The van der Waals surface area contributed by atoms with E-state index >= 15 is 0 Å². The van der Waals surface area contributed by atoms with Gasteiger partial charge >= 0.3 is 6.18 Å². The molecule has 2 aromatic rings. The van der Waals surface area contributed by atoms with E-state index in [1.807, 2.05) is 19.1 Å². The van der Waals surface area contributed by atoms with Gasteiger partial charge in [-0.05, 0) is 43.3 Å². The SMILES string of the molecule is Cc1ccc(C(=O)N2CCN(C(=O)c3ccc(C(F)(F)F)cc3)CC2)cc1. The Balaban J connectivity index is 1.60. The Morgan fingerprint density at radius 1 is 0.741 bits per heavy atom. The molecule has 27 heavy (non-hydrogen) atoms. The van der Waals surface area contributed by atoms with Crippen LogP contribution in [0.1, 0.15) is 31.8 Å². The molecule has 0 bridgehead atoms. The van der Waals surface area contributed by atoms with Crippen LogP contribution in [0.3, 0.4) is 0 Å². The summed E-state index contributed by atoms with van der Waals surface area (Å²) in [6.45, 7) is 3.41. The average molecular weight is 376 g/mol. The van der Waals surface area contributed by atoms with E-state index in [9.17, 15) is 22.8 Å². The zero-order chi connectivity index (χ0) is 19.6. The average Bonchev–Trinajstić information content (AvgIpc) is 2.67. The number of aryl methyl sites for hydroxylation is 1. The molecule has 0 radical (unpaired) electrons. The van der Waals surface area contributed by atoms with Gasteiger partial charge in [-0.3, -0.25) is 9.59 Å².